The molecule has 0 aliphatic carbocycles. The third-order valence-electron chi connectivity index (χ3n) is 2.88. The molecule has 1 aromatic carbocycles. The first-order chi connectivity index (χ1) is 8.79. The summed E-state index contributed by atoms with van der Waals surface area (Å²) in [6.45, 7) is 0. The lowest BCUT2D eigenvalue weighted by atomic mass is 10.1. The van der Waals surface area contributed by atoms with E-state index < -0.39 is 0 Å². The number of hydrogen-bond donors (Lipinski definition) is 0. The summed E-state index contributed by atoms with van der Waals surface area (Å²) >= 11 is 8.03. The van der Waals surface area contributed by atoms with Crippen molar-refractivity contribution < 1.29 is 4.74 Å². The third kappa shape index (κ3) is 1.95. The molecule has 1 aromatic heterocycles. The van der Waals surface area contributed by atoms with Crippen LogP contribution in [0.1, 0.15) is 11.3 Å². The van der Waals surface area contributed by atoms with Crippen molar-refractivity contribution in [2.45, 2.75) is 11.5 Å². The summed E-state index contributed by atoms with van der Waals surface area (Å²) in [5.41, 5.74) is 2.99. The Morgan fingerprint density at radius 2 is 2.06 bits per heavy atom. The van der Waals surface area contributed by atoms with Crippen LogP contribution in [0.4, 0.5) is 0 Å². The van der Waals surface area contributed by atoms with E-state index in [1.54, 1.807) is 7.11 Å². The van der Waals surface area contributed by atoms with Gasteiger partial charge in [0.05, 0.1) is 18.4 Å². The maximum atomic E-state index is 6.21. The normalized spacial score (nSPS) is 13.4. The second-order valence-corrected chi connectivity index (χ2v) is 5.30. The zero-order valence-corrected chi connectivity index (χ0v) is 11.4. The van der Waals surface area contributed by atoms with Crippen LogP contribution in [0, 0.1) is 0 Å². The van der Waals surface area contributed by atoms with Crippen LogP contribution in [0.2, 0.25) is 5.15 Å². The number of fused-ring (bicyclic) bond motifs is 1. The molecule has 2 heterocycles. The molecule has 3 rings (SSSR count). The van der Waals surface area contributed by atoms with Crippen LogP contribution in [-0.2, 0) is 11.5 Å². The zero-order valence-electron chi connectivity index (χ0n) is 9.81. The van der Waals surface area contributed by atoms with Gasteiger partial charge in [0.15, 0.2) is 5.82 Å². The van der Waals surface area contributed by atoms with Gasteiger partial charge in [-0.1, -0.05) is 23.7 Å². The van der Waals surface area contributed by atoms with Crippen LogP contribution >= 0.6 is 23.4 Å². The van der Waals surface area contributed by atoms with Crippen LogP contribution in [0.15, 0.2) is 24.3 Å². The molecule has 2 aromatic rings. The van der Waals surface area contributed by atoms with Gasteiger partial charge in [-0.2, -0.15) is 11.8 Å². The monoisotopic (exact) mass is 278 g/mol. The van der Waals surface area contributed by atoms with E-state index in [-0.39, 0.29) is 0 Å². The predicted molar refractivity (Wildman–Crippen MR) is 74.0 cm³/mol. The zero-order chi connectivity index (χ0) is 12.5. The number of nitrogens with zero attached hydrogens (tertiary/aromatic N) is 2. The summed E-state index contributed by atoms with van der Waals surface area (Å²) in [4.78, 5) is 8.98. The molecule has 0 saturated heterocycles. The van der Waals surface area contributed by atoms with Crippen molar-refractivity contribution in [3.05, 3.63) is 40.7 Å². The van der Waals surface area contributed by atoms with Crippen molar-refractivity contribution in [3.63, 3.8) is 0 Å². The lowest BCUT2D eigenvalue weighted by Gasteiger charge is -2.09. The number of benzene rings is 1. The molecular weight excluding hydrogens is 268 g/mol. The van der Waals surface area contributed by atoms with Crippen LogP contribution in [-0.4, -0.2) is 17.1 Å². The number of ether oxygens (including phenoxy) is 1. The minimum absolute atomic E-state index is 0.561. The molecular formula is C13H11ClN2OS. The van der Waals surface area contributed by atoms with E-state index in [0.29, 0.717) is 11.0 Å². The first-order valence-electron chi connectivity index (χ1n) is 5.56. The fraction of sp³-hybridized carbons (Fsp3) is 0.231. The molecule has 1 aliphatic rings. The quantitative estimate of drug-likeness (QED) is 0.787. The van der Waals surface area contributed by atoms with Gasteiger partial charge in [0, 0.05) is 17.1 Å². The number of aromatic nitrogens is 2. The summed E-state index contributed by atoms with van der Waals surface area (Å²) in [7, 11) is 1.64. The molecule has 18 heavy (non-hydrogen) atoms. The number of methoxy groups -OCH3 is 1. The van der Waals surface area contributed by atoms with E-state index in [1.165, 1.54) is 0 Å². The van der Waals surface area contributed by atoms with Crippen molar-refractivity contribution in [1.82, 2.24) is 9.97 Å². The van der Waals surface area contributed by atoms with E-state index in [1.807, 2.05) is 36.0 Å². The van der Waals surface area contributed by atoms with Crippen LogP contribution in [0.25, 0.3) is 11.4 Å². The molecule has 5 heteroatoms. The largest absolute Gasteiger partial charge is 0.496 e. The maximum absolute atomic E-state index is 6.21. The van der Waals surface area contributed by atoms with Crippen molar-refractivity contribution in [3.8, 4) is 17.1 Å². The van der Waals surface area contributed by atoms with Crippen LogP contribution in [0.3, 0.4) is 0 Å². The molecule has 1 aliphatic heterocycles. The highest BCUT2D eigenvalue weighted by atomic mass is 35.5. The van der Waals surface area contributed by atoms with Crippen molar-refractivity contribution in [1.29, 1.82) is 0 Å². The van der Waals surface area contributed by atoms with Crippen molar-refractivity contribution in [2.75, 3.05) is 7.11 Å². The number of rotatable bonds is 2. The lowest BCUT2D eigenvalue weighted by molar-refractivity contribution is 0.416. The van der Waals surface area contributed by atoms with Gasteiger partial charge in [-0.25, -0.2) is 9.97 Å². The second-order valence-electron chi connectivity index (χ2n) is 3.96. The van der Waals surface area contributed by atoms with E-state index in [9.17, 15) is 0 Å². The average Bonchev–Trinajstić information content (AvgIpc) is 2.87. The Morgan fingerprint density at radius 1 is 1.22 bits per heavy atom. The molecule has 0 saturated carbocycles. The Hall–Kier alpha value is -1.26. The van der Waals surface area contributed by atoms with E-state index in [2.05, 4.69) is 9.97 Å². The summed E-state index contributed by atoms with van der Waals surface area (Å²) in [6, 6.07) is 7.71. The van der Waals surface area contributed by atoms with Crippen molar-refractivity contribution >= 4 is 23.4 Å². The molecule has 0 spiro atoms. The van der Waals surface area contributed by atoms with Gasteiger partial charge in [0.2, 0.25) is 0 Å². The average molecular weight is 279 g/mol. The molecule has 3 nitrogen and oxygen atoms in total. The molecule has 0 radical (unpaired) electrons. The maximum Gasteiger partial charge on any atom is 0.164 e. The SMILES string of the molecule is COc1ccccc1-c1nc(Cl)c2c(n1)CSC2. The number of para-hydroxylation sites is 1. The minimum Gasteiger partial charge on any atom is -0.496 e. The van der Waals surface area contributed by atoms with Crippen LogP contribution < -0.4 is 4.74 Å². The number of thioether (sulfide) groups is 1. The Labute approximate surface area is 115 Å². The van der Waals surface area contributed by atoms with Gasteiger partial charge in [-0.3, -0.25) is 0 Å². The van der Waals surface area contributed by atoms with Gasteiger partial charge < -0.3 is 4.74 Å². The van der Waals surface area contributed by atoms with Gasteiger partial charge in [0.25, 0.3) is 0 Å². The number of halogens is 1. The van der Waals surface area contributed by atoms with Crippen LogP contribution in [0.5, 0.6) is 5.75 Å². The van der Waals surface area contributed by atoms with E-state index in [0.717, 1.165) is 34.1 Å². The number of hydrogen-bond acceptors (Lipinski definition) is 4. The fourth-order valence-electron chi connectivity index (χ4n) is 1.96. The van der Waals surface area contributed by atoms with Gasteiger partial charge in [0.1, 0.15) is 10.9 Å². The van der Waals surface area contributed by atoms with Gasteiger partial charge in [-0.15, -0.1) is 0 Å². The highest BCUT2D eigenvalue weighted by molar-refractivity contribution is 7.98. The molecule has 0 atom stereocenters. The first-order valence-corrected chi connectivity index (χ1v) is 7.09. The Kier molecular flexibility index (Phi) is 3.14. The Balaban J connectivity index is 2.15. The van der Waals surface area contributed by atoms with Gasteiger partial charge in [-0.05, 0) is 12.1 Å². The Morgan fingerprint density at radius 3 is 2.89 bits per heavy atom. The molecule has 92 valence electrons. The summed E-state index contributed by atoms with van der Waals surface area (Å²) in [5, 5.41) is 0.561. The molecule has 0 fully saturated rings. The fourth-order valence-corrected chi connectivity index (χ4v) is 3.34. The van der Waals surface area contributed by atoms with Gasteiger partial charge >= 0.3 is 0 Å². The third-order valence-corrected chi connectivity index (χ3v) is 4.16. The smallest absolute Gasteiger partial charge is 0.164 e. The van der Waals surface area contributed by atoms with Crippen molar-refractivity contribution in [2.24, 2.45) is 0 Å². The standard InChI is InChI=1S/C13H11ClN2OS/c1-17-11-5-3-2-4-8(11)13-15-10-7-18-6-9(10)12(14)16-13/h2-5H,6-7H2,1H3. The Bertz CT molecular complexity index is 604. The second kappa shape index (κ2) is 4.78. The topological polar surface area (TPSA) is 35.0 Å². The van der Waals surface area contributed by atoms with E-state index in [4.69, 9.17) is 16.3 Å². The highest BCUT2D eigenvalue weighted by Gasteiger charge is 2.20. The molecule has 0 bridgehead atoms. The molecule has 0 N–H and O–H groups in total. The minimum atomic E-state index is 0.561. The molecule has 0 amide bonds. The lowest BCUT2D eigenvalue weighted by Crippen LogP contribution is -1.98. The van der Waals surface area contributed by atoms with E-state index >= 15 is 0 Å². The predicted octanol–water partition coefficient (Wildman–Crippen LogP) is 3.55. The summed E-state index contributed by atoms with van der Waals surface area (Å²) in [6.07, 6.45) is 0. The summed E-state index contributed by atoms with van der Waals surface area (Å²) in [5.74, 6) is 3.21. The summed E-state index contributed by atoms with van der Waals surface area (Å²) < 4.78 is 5.33. The molecule has 0 unspecified atom stereocenters. The first kappa shape index (κ1) is 11.8. The highest BCUT2D eigenvalue weighted by Crippen LogP contribution is 2.35.